The van der Waals surface area contributed by atoms with E-state index in [0.29, 0.717) is 5.95 Å². The number of nitrogens with zero attached hydrogens (tertiary/aromatic N) is 2. The Hall–Kier alpha value is -0.550. The first-order chi connectivity index (χ1) is 6.27. The molecular formula is C8H10BrN3S. The Kier molecular flexibility index (Phi) is 4.24. The van der Waals surface area contributed by atoms with Crippen LogP contribution in [0.4, 0.5) is 5.95 Å². The fourth-order valence-electron chi connectivity index (χ4n) is 0.711. The average Bonchev–Trinajstić information content (AvgIpc) is 2.17. The van der Waals surface area contributed by atoms with Crippen molar-refractivity contribution in [2.75, 3.05) is 18.1 Å². The summed E-state index contributed by atoms with van der Waals surface area (Å²) in [5, 5.41) is 3.82. The molecule has 1 aromatic rings. The number of anilines is 1. The predicted molar refractivity (Wildman–Crippen MR) is 60.2 cm³/mol. The summed E-state index contributed by atoms with van der Waals surface area (Å²) in [7, 11) is 1.80. The average molecular weight is 260 g/mol. The molecule has 13 heavy (non-hydrogen) atoms. The van der Waals surface area contributed by atoms with Gasteiger partial charge in [0.15, 0.2) is 0 Å². The minimum Gasteiger partial charge on any atom is -0.357 e. The van der Waals surface area contributed by atoms with Crippen LogP contribution in [0.3, 0.4) is 0 Å². The Balaban J connectivity index is 2.83. The summed E-state index contributed by atoms with van der Waals surface area (Å²) in [5.74, 6) is 1.48. The van der Waals surface area contributed by atoms with Crippen molar-refractivity contribution in [2.45, 2.75) is 5.03 Å². The number of hydrogen-bond donors (Lipinski definition) is 1. The maximum absolute atomic E-state index is 4.27. The van der Waals surface area contributed by atoms with E-state index in [1.165, 1.54) is 0 Å². The van der Waals surface area contributed by atoms with Gasteiger partial charge in [-0.2, -0.15) is 0 Å². The Bertz CT molecular complexity index is 303. The normalized spacial score (nSPS) is 9.69. The molecule has 0 aliphatic rings. The van der Waals surface area contributed by atoms with E-state index >= 15 is 0 Å². The van der Waals surface area contributed by atoms with Crippen molar-refractivity contribution in [3.8, 4) is 0 Å². The summed E-state index contributed by atoms with van der Waals surface area (Å²) in [6.07, 6.45) is 3.59. The third kappa shape index (κ3) is 3.00. The molecule has 0 fully saturated rings. The lowest BCUT2D eigenvalue weighted by molar-refractivity contribution is 1.03. The van der Waals surface area contributed by atoms with Crippen LogP contribution in [0.5, 0.6) is 0 Å². The van der Waals surface area contributed by atoms with Crippen LogP contribution in [0.2, 0.25) is 0 Å². The van der Waals surface area contributed by atoms with E-state index in [0.717, 1.165) is 15.3 Å². The summed E-state index contributed by atoms with van der Waals surface area (Å²) >= 11 is 5.00. The number of hydrogen-bond acceptors (Lipinski definition) is 4. The second-order valence-corrected chi connectivity index (χ2v) is 4.06. The zero-order valence-corrected chi connectivity index (χ0v) is 9.65. The van der Waals surface area contributed by atoms with Crippen LogP contribution in [-0.4, -0.2) is 22.8 Å². The Morgan fingerprint density at radius 1 is 1.77 bits per heavy atom. The van der Waals surface area contributed by atoms with Crippen molar-refractivity contribution in [1.82, 2.24) is 9.97 Å². The predicted octanol–water partition coefficient (Wildman–Crippen LogP) is 2.56. The molecule has 0 aliphatic carbocycles. The molecule has 0 radical (unpaired) electrons. The standard InChI is InChI=1S/C8H10BrN3S/c1-3-4-13-7-6(9)5-11-8(10-2)12-7/h3,5H,1,4H2,2H3,(H,10,11,12). The molecule has 1 aromatic heterocycles. The molecule has 0 unspecified atom stereocenters. The van der Waals surface area contributed by atoms with Crippen LogP contribution in [-0.2, 0) is 0 Å². The van der Waals surface area contributed by atoms with Crippen LogP contribution in [0, 0.1) is 0 Å². The minimum absolute atomic E-state index is 0.634. The van der Waals surface area contributed by atoms with E-state index in [2.05, 4.69) is 37.8 Å². The van der Waals surface area contributed by atoms with Gasteiger partial charge in [0.2, 0.25) is 5.95 Å². The first-order valence-corrected chi connectivity index (χ1v) is 5.49. The summed E-state index contributed by atoms with van der Waals surface area (Å²) in [6, 6.07) is 0. The molecule has 0 aliphatic heterocycles. The molecule has 0 saturated carbocycles. The van der Waals surface area contributed by atoms with Crippen molar-refractivity contribution >= 4 is 33.6 Å². The summed E-state index contributed by atoms with van der Waals surface area (Å²) in [6.45, 7) is 3.65. The lowest BCUT2D eigenvalue weighted by Crippen LogP contribution is -1.97. The third-order valence-electron chi connectivity index (χ3n) is 1.27. The number of aromatic nitrogens is 2. The van der Waals surface area contributed by atoms with Gasteiger partial charge < -0.3 is 5.32 Å². The van der Waals surface area contributed by atoms with Gasteiger partial charge in [-0.3, -0.25) is 0 Å². The second kappa shape index (κ2) is 5.24. The fraction of sp³-hybridized carbons (Fsp3) is 0.250. The zero-order valence-electron chi connectivity index (χ0n) is 7.25. The lowest BCUT2D eigenvalue weighted by Gasteiger charge is -2.03. The van der Waals surface area contributed by atoms with E-state index in [-0.39, 0.29) is 0 Å². The molecule has 5 heteroatoms. The summed E-state index contributed by atoms with van der Waals surface area (Å²) in [4.78, 5) is 8.33. The Morgan fingerprint density at radius 3 is 3.15 bits per heavy atom. The first kappa shape index (κ1) is 10.5. The molecule has 3 nitrogen and oxygen atoms in total. The molecule has 70 valence electrons. The molecule has 0 spiro atoms. The first-order valence-electron chi connectivity index (χ1n) is 3.72. The monoisotopic (exact) mass is 259 g/mol. The molecule has 1 heterocycles. The quantitative estimate of drug-likeness (QED) is 0.513. The van der Waals surface area contributed by atoms with E-state index in [1.54, 1.807) is 25.0 Å². The van der Waals surface area contributed by atoms with Gasteiger partial charge in [-0.25, -0.2) is 9.97 Å². The van der Waals surface area contributed by atoms with E-state index < -0.39 is 0 Å². The highest BCUT2D eigenvalue weighted by molar-refractivity contribution is 9.10. The van der Waals surface area contributed by atoms with Crippen molar-refractivity contribution in [1.29, 1.82) is 0 Å². The van der Waals surface area contributed by atoms with E-state index in [9.17, 15) is 0 Å². The van der Waals surface area contributed by atoms with Gasteiger partial charge >= 0.3 is 0 Å². The van der Waals surface area contributed by atoms with Crippen LogP contribution < -0.4 is 5.32 Å². The topological polar surface area (TPSA) is 37.8 Å². The third-order valence-corrected chi connectivity index (χ3v) is 3.10. The molecule has 0 amide bonds. The van der Waals surface area contributed by atoms with Crippen LogP contribution in [0.25, 0.3) is 0 Å². The van der Waals surface area contributed by atoms with Crippen LogP contribution in [0.1, 0.15) is 0 Å². The SMILES string of the molecule is C=CCSc1nc(NC)ncc1Br. The number of nitrogens with one attached hydrogen (secondary N) is 1. The van der Waals surface area contributed by atoms with Crippen LogP contribution >= 0.6 is 27.7 Å². The van der Waals surface area contributed by atoms with Crippen LogP contribution in [0.15, 0.2) is 28.4 Å². The molecular weight excluding hydrogens is 250 g/mol. The molecule has 0 aromatic carbocycles. The number of thioether (sulfide) groups is 1. The largest absolute Gasteiger partial charge is 0.357 e. The molecule has 0 bridgehead atoms. The number of halogens is 1. The summed E-state index contributed by atoms with van der Waals surface area (Å²) < 4.78 is 0.915. The van der Waals surface area contributed by atoms with E-state index in [4.69, 9.17) is 0 Å². The Morgan fingerprint density at radius 2 is 2.54 bits per heavy atom. The highest BCUT2D eigenvalue weighted by atomic mass is 79.9. The molecule has 1 N–H and O–H groups in total. The smallest absolute Gasteiger partial charge is 0.223 e. The maximum atomic E-state index is 4.27. The van der Waals surface area contributed by atoms with Gasteiger partial charge in [0, 0.05) is 19.0 Å². The van der Waals surface area contributed by atoms with Gasteiger partial charge in [0.1, 0.15) is 5.03 Å². The fourth-order valence-corrected chi connectivity index (χ4v) is 1.86. The minimum atomic E-state index is 0.634. The Labute approximate surface area is 90.2 Å². The van der Waals surface area contributed by atoms with Crippen molar-refractivity contribution < 1.29 is 0 Å². The van der Waals surface area contributed by atoms with Crippen molar-refractivity contribution in [2.24, 2.45) is 0 Å². The van der Waals surface area contributed by atoms with Gasteiger partial charge in [-0.1, -0.05) is 6.08 Å². The highest BCUT2D eigenvalue weighted by Crippen LogP contribution is 2.25. The highest BCUT2D eigenvalue weighted by Gasteiger charge is 2.03. The van der Waals surface area contributed by atoms with Crippen molar-refractivity contribution in [3.05, 3.63) is 23.3 Å². The van der Waals surface area contributed by atoms with Crippen molar-refractivity contribution in [3.63, 3.8) is 0 Å². The molecule has 0 atom stereocenters. The molecule has 1 rings (SSSR count). The van der Waals surface area contributed by atoms with Gasteiger partial charge in [-0.05, 0) is 15.9 Å². The van der Waals surface area contributed by atoms with E-state index in [1.807, 2.05) is 6.08 Å². The van der Waals surface area contributed by atoms with Gasteiger partial charge in [0.05, 0.1) is 4.47 Å². The maximum Gasteiger partial charge on any atom is 0.223 e. The number of rotatable bonds is 4. The van der Waals surface area contributed by atoms with Gasteiger partial charge in [0.25, 0.3) is 0 Å². The van der Waals surface area contributed by atoms with Gasteiger partial charge in [-0.15, -0.1) is 18.3 Å². The zero-order chi connectivity index (χ0) is 9.68. The second-order valence-electron chi connectivity index (χ2n) is 2.20. The molecule has 0 saturated heterocycles. The lowest BCUT2D eigenvalue weighted by atomic mass is 10.7. The summed E-state index contributed by atoms with van der Waals surface area (Å²) in [5.41, 5.74) is 0.